The van der Waals surface area contributed by atoms with E-state index in [1.807, 2.05) is 32.6 Å². The van der Waals surface area contributed by atoms with E-state index in [4.69, 9.17) is 16.0 Å². The minimum absolute atomic E-state index is 0.0882. The zero-order chi connectivity index (χ0) is 15.6. The van der Waals surface area contributed by atoms with Gasteiger partial charge in [0, 0.05) is 17.1 Å². The van der Waals surface area contributed by atoms with Gasteiger partial charge in [-0.15, -0.1) is 0 Å². The van der Waals surface area contributed by atoms with Crippen LogP contribution in [-0.2, 0) is 4.79 Å². The summed E-state index contributed by atoms with van der Waals surface area (Å²) >= 11 is 7.23. The Morgan fingerprint density at radius 1 is 1.33 bits per heavy atom. The molecule has 6 heteroatoms. The van der Waals surface area contributed by atoms with Crippen LogP contribution >= 0.6 is 23.4 Å². The third kappa shape index (κ3) is 3.92. The van der Waals surface area contributed by atoms with E-state index in [1.54, 1.807) is 18.2 Å². The van der Waals surface area contributed by atoms with Crippen molar-refractivity contribution >= 4 is 40.4 Å². The van der Waals surface area contributed by atoms with E-state index in [1.165, 1.54) is 11.8 Å². The topological polar surface area (TPSA) is 46.3 Å². The Balaban J connectivity index is 2.05. The van der Waals surface area contributed by atoms with Crippen LogP contribution in [0.1, 0.15) is 27.7 Å². The number of thioether (sulfide) groups is 1. The van der Waals surface area contributed by atoms with E-state index in [0.29, 0.717) is 27.1 Å². The highest BCUT2D eigenvalue weighted by atomic mass is 35.5. The molecule has 0 atom stereocenters. The highest BCUT2D eigenvalue weighted by molar-refractivity contribution is 7.99. The lowest BCUT2D eigenvalue weighted by atomic mass is 10.2. The van der Waals surface area contributed by atoms with E-state index >= 15 is 0 Å². The van der Waals surface area contributed by atoms with Gasteiger partial charge in [-0.2, -0.15) is 0 Å². The summed E-state index contributed by atoms with van der Waals surface area (Å²) < 4.78 is 5.60. The van der Waals surface area contributed by atoms with Gasteiger partial charge in [0.25, 0.3) is 5.22 Å². The SMILES string of the molecule is CC(C)N(C(=O)CSc1nc2cc(Cl)ccc2o1)C(C)C. The molecule has 0 saturated heterocycles. The molecule has 0 radical (unpaired) electrons. The van der Waals surface area contributed by atoms with Gasteiger partial charge in [-0.3, -0.25) is 4.79 Å². The number of hydrogen-bond acceptors (Lipinski definition) is 4. The van der Waals surface area contributed by atoms with E-state index < -0.39 is 0 Å². The average molecular weight is 327 g/mol. The zero-order valence-electron chi connectivity index (χ0n) is 12.6. The molecule has 1 aromatic heterocycles. The number of carbonyl (C=O) groups is 1. The Bertz CT molecular complexity index is 632. The van der Waals surface area contributed by atoms with Gasteiger partial charge < -0.3 is 9.32 Å². The summed E-state index contributed by atoms with van der Waals surface area (Å²) in [6.45, 7) is 8.07. The maximum atomic E-state index is 12.3. The number of aromatic nitrogens is 1. The van der Waals surface area contributed by atoms with Gasteiger partial charge in [0.05, 0.1) is 5.75 Å². The quantitative estimate of drug-likeness (QED) is 0.772. The normalized spacial score (nSPS) is 11.6. The predicted molar refractivity (Wildman–Crippen MR) is 86.9 cm³/mol. The highest BCUT2D eigenvalue weighted by Crippen LogP contribution is 2.26. The van der Waals surface area contributed by atoms with Gasteiger partial charge in [-0.25, -0.2) is 4.98 Å². The lowest BCUT2D eigenvalue weighted by Crippen LogP contribution is -2.43. The summed E-state index contributed by atoms with van der Waals surface area (Å²) in [5.74, 6) is 0.405. The van der Waals surface area contributed by atoms with E-state index in [9.17, 15) is 4.79 Å². The number of fused-ring (bicyclic) bond motifs is 1. The van der Waals surface area contributed by atoms with Crippen LogP contribution < -0.4 is 0 Å². The Morgan fingerprint density at radius 3 is 2.62 bits per heavy atom. The van der Waals surface area contributed by atoms with Crippen LogP contribution in [0, 0.1) is 0 Å². The van der Waals surface area contributed by atoms with Gasteiger partial charge in [-0.1, -0.05) is 23.4 Å². The molecule has 21 heavy (non-hydrogen) atoms. The number of carbonyl (C=O) groups excluding carboxylic acids is 1. The molecule has 0 spiro atoms. The molecular formula is C15H19ClN2O2S. The van der Waals surface area contributed by atoms with Crippen LogP contribution in [0.4, 0.5) is 0 Å². The molecule has 1 aromatic carbocycles. The van der Waals surface area contributed by atoms with Crippen molar-refractivity contribution in [3.8, 4) is 0 Å². The fraction of sp³-hybridized carbons (Fsp3) is 0.467. The van der Waals surface area contributed by atoms with Crippen LogP contribution in [0.25, 0.3) is 11.1 Å². The molecule has 114 valence electrons. The second kappa shape index (κ2) is 6.71. The lowest BCUT2D eigenvalue weighted by molar-refractivity contribution is -0.131. The Labute approximate surface area is 133 Å². The molecule has 1 amide bonds. The van der Waals surface area contributed by atoms with Crippen molar-refractivity contribution in [2.24, 2.45) is 0 Å². The second-order valence-electron chi connectivity index (χ2n) is 5.37. The van der Waals surface area contributed by atoms with Crippen LogP contribution in [0.5, 0.6) is 0 Å². The first kappa shape index (κ1) is 16.2. The molecule has 2 aromatic rings. The van der Waals surface area contributed by atoms with Crippen LogP contribution in [-0.4, -0.2) is 33.6 Å². The Kier molecular flexibility index (Phi) is 5.17. The van der Waals surface area contributed by atoms with E-state index in [-0.39, 0.29) is 18.0 Å². The largest absolute Gasteiger partial charge is 0.431 e. The fourth-order valence-corrected chi connectivity index (χ4v) is 3.19. The average Bonchev–Trinajstić information content (AvgIpc) is 2.77. The van der Waals surface area contributed by atoms with Gasteiger partial charge in [-0.05, 0) is 45.9 Å². The molecule has 0 unspecified atom stereocenters. The summed E-state index contributed by atoms with van der Waals surface area (Å²) in [4.78, 5) is 18.5. The number of hydrogen-bond donors (Lipinski definition) is 0. The fourth-order valence-electron chi connectivity index (χ4n) is 2.31. The minimum atomic E-state index is 0.0882. The van der Waals surface area contributed by atoms with Crippen molar-refractivity contribution in [2.45, 2.75) is 45.0 Å². The van der Waals surface area contributed by atoms with Crippen LogP contribution in [0.3, 0.4) is 0 Å². The molecule has 0 aliphatic heterocycles. The molecule has 0 fully saturated rings. The van der Waals surface area contributed by atoms with Crippen LogP contribution in [0.15, 0.2) is 27.8 Å². The Hall–Kier alpha value is -1.20. The van der Waals surface area contributed by atoms with Gasteiger partial charge >= 0.3 is 0 Å². The summed E-state index contributed by atoms with van der Waals surface area (Å²) in [6, 6.07) is 5.65. The van der Waals surface area contributed by atoms with Crippen LogP contribution in [0.2, 0.25) is 5.02 Å². The molecule has 4 nitrogen and oxygen atoms in total. The zero-order valence-corrected chi connectivity index (χ0v) is 14.2. The molecule has 0 saturated carbocycles. The smallest absolute Gasteiger partial charge is 0.257 e. The highest BCUT2D eigenvalue weighted by Gasteiger charge is 2.20. The van der Waals surface area contributed by atoms with Crippen molar-refractivity contribution in [1.82, 2.24) is 9.88 Å². The summed E-state index contributed by atoms with van der Waals surface area (Å²) in [5.41, 5.74) is 1.39. The maximum Gasteiger partial charge on any atom is 0.257 e. The van der Waals surface area contributed by atoms with E-state index in [0.717, 1.165) is 0 Å². The monoisotopic (exact) mass is 326 g/mol. The number of amides is 1. The van der Waals surface area contributed by atoms with E-state index in [2.05, 4.69) is 4.98 Å². The second-order valence-corrected chi connectivity index (χ2v) is 6.73. The van der Waals surface area contributed by atoms with Gasteiger partial charge in [0.15, 0.2) is 5.58 Å². The van der Waals surface area contributed by atoms with Crippen molar-refractivity contribution in [1.29, 1.82) is 0 Å². The number of nitrogens with zero attached hydrogens (tertiary/aromatic N) is 2. The standard InChI is InChI=1S/C15H19ClN2O2S/c1-9(2)18(10(3)4)14(19)8-21-15-17-12-7-11(16)5-6-13(12)20-15/h5-7,9-10H,8H2,1-4H3. The first-order valence-corrected chi connectivity index (χ1v) is 8.25. The molecule has 2 rings (SSSR count). The third-order valence-corrected chi connectivity index (χ3v) is 4.10. The molecule has 0 N–H and O–H groups in total. The maximum absolute atomic E-state index is 12.3. The molecule has 1 heterocycles. The molecule has 0 aliphatic carbocycles. The van der Waals surface area contributed by atoms with Gasteiger partial charge in [0.2, 0.25) is 5.91 Å². The molecule has 0 bridgehead atoms. The predicted octanol–water partition coefficient (Wildman–Crippen LogP) is 4.22. The number of oxazole rings is 1. The summed E-state index contributed by atoms with van der Waals surface area (Å²) in [7, 11) is 0. The molecule has 0 aliphatic rings. The first-order chi connectivity index (χ1) is 9.88. The van der Waals surface area contributed by atoms with Crippen molar-refractivity contribution in [2.75, 3.05) is 5.75 Å². The third-order valence-electron chi connectivity index (χ3n) is 3.05. The van der Waals surface area contributed by atoms with Crippen molar-refractivity contribution in [3.05, 3.63) is 23.2 Å². The number of rotatable bonds is 5. The number of benzene rings is 1. The first-order valence-electron chi connectivity index (χ1n) is 6.88. The minimum Gasteiger partial charge on any atom is -0.431 e. The Morgan fingerprint density at radius 2 is 2.00 bits per heavy atom. The lowest BCUT2D eigenvalue weighted by Gasteiger charge is -2.30. The van der Waals surface area contributed by atoms with Gasteiger partial charge in [0.1, 0.15) is 5.52 Å². The van der Waals surface area contributed by atoms with Crippen molar-refractivity contribution < 1.29 is 9.21 Å². The van der Waals surface area contributed by atoms with Crippen molar-refractivity contribution in [3.63, 3.8) is 0 Å². The summed E-state index contributed by atoms with van der Waals surface area (Å²) in [6.07, 6.45) is 0. The number of halogens is 1. The summed E-state index contributed by atoms with van der Waals surface area (Å²) in [5, 5.41) is 1.11. The molecular weight excluding hydrogens is 308 g/mol.